The number of para-hydroxylation sites is 2. The molecule has 1 aromatic heterocycles. The van der Waals surface area contributed by atoms with Gasteiger partial charge < -0.3 is 4.74 Å². The second kappa shape index (κ2) is 9.08. The van der Waals surface area contributed by atoms with Crippen LogP contribution in [0.25, 0.3) is 16.6 Å². The van der Waals surface area contributed by atoms with E-state index in [1.165, 1.54) is 34.5 Å². The first-order valence-corrected chi connectivity index (χ1v) is 10.8. The minimum atomic E-state index is -0.551. The SMILES string of the molecule is O=c1c2ccccc2nc(SCCOc2ccccc2Cl)n1-c1ccc(F)c(Cl)c1. The summed E-state index contributed by atoms with van der Waals surface area (Å²) in [6, 6.07) is 18.5. The summed E-state index contributed by atoms with van der Waals surface area (Å²) < 4.78 is 20.8. The summed E-state index contributed by atoms with van der Waals surface area (Å²) in [5, 5.41) is 1.40. The third-order valence-corrected chi connectivity index (χ3v) is 5.82. The van der Waals surface area contributed by atoms with Gasteiger partial charge in [0.15, 0.2) is 5.16 Å². The average molecular weight is 461 g/mol. The minimum Gasteiger partial charge on any atom is -0.491 e. The molecule has 30 heavy (non-hydrogen) atoms. The fourth-order valence-electron chi connectivity index (χ4n) is 2.91. The van der Waals surface area contributed by atoms with Gasteiger partial charge in [-0.1, -0.05) is 59.2 Å². The molecule has 0 saturated carbocycles. The van der Waals surface area contributed by atoms with Gasteiger partial charge in [0.1, 0.15) is 11.6 Å². The Kier molecular flexibility index (Phi) is 6.27. The van der Waals surface area contributed by atoms with Crippen molar-refractivity contribution in [2.75, 3.05) is 12.4 Å². The molecule has 0 atom stereocenters. The summed E-state index contributed by atoms with van der Waals surface area (Å²) in [5.74, 6) is 0.559. The van der Waals surface area contributed by atoms with Crippen LogP contribution in [0.5, 0.6) is 5.75 Å². The normalized spacial score (nSPS) is 11.0. The van der Waals surface area contributed by atoms with E-state index in [-0.39, 0.29) is 10.6 Å². The van der Waals surface area contributed by atoms with E-state index in [9.17, 15) is 9.18 Å². The fraction of sp³-hybridized carbons (Fsp3) is 0.0909. The number of thioether (sulfide) groups is 1. The van der Waals surface area contributed by atoms with Gasteiger partial charge in [-0.2, -0.15) is 0 Å². The Hall–Kier alpha value is -2.54. The Balaban J connectivity index is 1.66. The summed E-state index contributed by atoms with van der Waals surface area (Å²) in [6.45, 7) is 0.362. The highest BCUT2D eigenvalue weighted by atomic mass is 35.5. The van der Waals surface area contributed by atoms with Crippen LogP contribution in [0.4, 0.5) is 4.39 Å². The molecule has 0 amide bonds. The largest absolute Gasteiger partial charge is 0.491 e. The van der Waals surface area contributed by atoms with E-state index in [2.05, 4.69) is 4.98 Å². The molecule has 4 rings (SSSR count). The molecule has 0 unspecified atom stereocenters. The van der Waals surface area contributed by atoms with Gasteiger partial charge in [-0.05, 0) is 42.5 Å². The van der Waals surface area contributed by atoms with Crippen LogP contribution < -0.4 is 10.3 Å². The van der Waals surface area contributed by atoms with Crippen LogP contribution in [-0.4, -0.2) is 21.9 Å². The van der Waals surface area contributed by atoms with Gasteiger partial charge in [0.25, 0.3) is 5.56 Å². The van der Waals surface area contributed by atoms with Crippen LogP contribution >= 0.6 is 35.0 Å². The highest BCUT2D eigenvalue weighted by Gasteiger charge is 2.14. The molecular formula is C22H15Cl2FN2O2S. The maximum Gasteiger partial charge on any atom is 0.266 e. The molecule has 3 aromatic carbocycles. The van der Waals surface area contributed by atoms with E-state index in [4.69, 9.17) is 27.9 Å². The first-order valence-electron chi connectivity index (χ1n) is 9.02. The van der Waals surface area contributed by atoms with E-state index >= 15 is 0 Å². The second-order valence-electron chi connectivity index (χ2n) is 6.28. The summed E-state index contributed by atoms with van der Waals surface area (Å²) in [5.41, 5.74) is 0.776. The van der Waals surface area contributed by atoms with Gasteiger partial charge in [0.05, 0.1) is 33.2 Å². The van der Waals surface area contributed by atoms with E-state index < -0.39 is 5.82 Å². The number of fused-ring (bicyclic) bond motifs is 1. The summed E-state index contributed by atoms with van der Waals surface area (Å²) in [4.78, 5) is 17.8. The van der Waals surface area contributed by atoms with E-state index in [0.717, 1.165) is 0 Å². The predicted molar refractivity (Wildman–Crippen MR) is 120 cm³/mol. The number of ether oxygens (including phenoxy) is 1. The van der Waals surface area contributed by atoms with Crippen molar-refractivity contribution in [1.29, 1.82) is 0 Å². The molecular weight excluding hydrogens is 446 g/mol. The Labute approximate surface area is 186 Å². The topological polar surface area (TPSA) is 44.1 Å². The monoisotopic (exact) mass is 460 g/mol. The molecule has 1 heterocycles. The molecule has 0 saturated heterocycles. The van der Waals surface area contributed by atoms with Gasteiger partial charge in [0, 0.05) is 5.75 Å². The number of halogens is 3. The average Bonchev–Trinajstić information content (AvgIpc) is 2.75. The zero-order valence-electron chi connectivity index (χ0n) is 15.5. The third-order valence-electron chi connectivity index (χ3n) is 4.32. The van der Waals surface area contributed by atoms with Crippen molar-refractivity contribution in [3.63, 3.8) is 0 Å². The molecule has 0 fully saturated rings. The van der Waals surface area contributed by atoms with Crippen molar-refractivity contribution in [3.05, 3.63) is 92.9 Å². The zero-order valence-corrected chi connectivity index (χ0v) is 17.8. The molecule has 0 N–H and O–H groups in total. The Morgan fingerprint density at radius 3 is 2.57 bits per heavy atom. The molecule has 0 aliphatic heterocycles. The van der Waals surface area contributed by atoms with Crippen molar-refractivity contribution >= 4 is 45.9 Å². The Bertz CT molecular complexity index is 1280. The summed E-state index contributed by atoms with van der Waals surface area (Å²) in [7, 11) is 0. The Morgan fingerprint density at radius 2 is 1.77 bits per heavy atom. The maximum atomic E-state index is 13.6. The van der Waals surface area contributed by atoms with Gasteiger partial charge in [-0.3, -0.25) is 9.36 Å². The number of hydrogen-bond donors (Lipinski definition) is 0. The van der Waals surface area contributed by atoms with Crippen LogP contribution in [0.2, 0.25) is 10.0 Å². The highest BCUT2D eigenvalue weighted by Crippen LogP contribution is 2.26. The smallest absolute Gasteiger partial charge is 0.266 e. The first kappa shape index (κ1) is 20.7. The van der Waals surface area contributed by atoms with E-state index in [1.54, 1.807) is 30.3 Å². The van der Waals surface area contributed by atoms with Crippen molar-refractivity contribution in [2.24, 2.45) is 0 Å². The van der Waals surface area contributed by atoms with E-state index in [0.29, 0.717) is 44.9 Å². The summed E-state index contributed by atoms with van der Waals surface area (Å²) in [6.07, 6.45) is 0. The zero-order chi connectivity index (χ0) is 21.1. The molecule has 4 nitrogen and oxygen atoms in total. The standard InChI is InChI=1S/C22H15Cl2FN2O2S/c23-16-6-2-4-8-20(16)29-11-12-30-22-26-19-7-3-1-5-15(19)21(28)27(22)14-9-10-18(25)17(24)13-14/h1-10,13H,11-12H2. The van der Waals surface area contributed by atoms with Crippen LogP contribution in [0.15, 0.2) is 76.7 Å². The van der Waals surface area contributed by atoms with Crippen molar-refractivity contribution < 1.29 is 9.13 Å². The Morgan fingerprint density at radius 1 is 1.00 bits per heavy atom. The molecule has 8 heteroatoms. The molecule has 0 bridgehead atoms. The van der Waals surface area contributed by atoms with Gasteiger partial charge in [-0.15, -0.1) is 0 Å². The van der Waals surface area contributed by atoms with E-state index in [1.807, 2.05) is 18.2 Å². The lowest BCUT2D eigenvalue weighted by Gasteiger charge is -2.14. The highest BCUT2D eigenvalue weighted by molar-refractivity contribution is 7.99. The number of aromatic nitrogens is 2. The van der Waals surface area contributed by atoms with Crippen LogP contribution in [0.3, 0.4) is 0 Å². The minimum absolute atomic E-state index is 0.0643. The molecule has 0 radical (unpaired) electrons. The lowest BCUT2D eigenvalue weighted by Crippen LogP contribution is -2.22. The quantitative estimate of drug-likeness (QED) is 0.201. The van der Waals surface area contributed by atoms with Crippen LogP contribution in [0.1, 0.15) is 0 Å². The molecule has 0 aliphatic rings. The molecule has 0 aliphatic carbocycles. The summed E-state index contributed by atoms with van der Waals surface area (Å²) >= 11 is 13.4. The predicted octanol–water partition coefficient (Wildman–Crippen LogP) is 6.00. The van der Waals surface area contributed by atoms with Gasteiger partial charge >= 0.3 is 0 Å². The molecule has 0 spiro atoms. The number of benzene rings is 3. The van der Waals surface area contributed by atoms with Gasteiger partial charge in [0.2, 0.25) is 0 Å². The number of nitrogens with zero attached hydrogens (tertiary/aromatic N) is 2. The van der Waals surface area contributed by atoms with Crippen molar-refractivity contribution in [1.82, 2.24) is 9.55 Å². The lowest BCUT2D eigenvalue weighted by atomic mass is 10.2. The van der Waals surface area contributed by atoms with Gasteiger partial charge in [-0.25, -0.2) is 9.37 Å². The number of hydrogen-bond acceptors (Lipinski definition) is 4. The first-order chi connectivity index (χ1) is 14.5. The molecule has 152 valence electrons. The fourth-order valence-corrected chi connectivity index (χ4v) is 4.10. The maximum absolute atomic E-state index is 13.6. The van der Waals surface area contributed by atoms with Crippen molar-refractivity contribution in [2.45, 2.75) is 5.16 Å². The van der Waals surface area contributed by atoms with Crippen LogP contribution in [0, 0.1) is 5.82 Å². The third kappa shape index (κ3) is 4.31. The van der Waals surface area contributed by atoms with Crippen molar-refractivity contribution in [3.8, 4) is 11.4 Å². The number of rotatable bonds is 6. The molecule has 4 aromatic rings. The second-order valence-corrected chi connectivity index (χ2v) is 8.15. The van der Waals surface area contributed by atoms with Crippen LogP contribution in [-0.2, 0) is 0 Å². The lowest BCUT2D eigenvalue weighted by molar-refractivity contribution is 0.344.